The molecule has 5 rings (SSSR count). The van der Waals surface area contributed by atoms with E-state index in [1.807, 2.05) is 36.4 Å². The first kappa shape index (κ1) is 21.8. The van der Waals surface area contributed by atoms with Crippen LogP contribution in [-0.2, 0) is 4.74 Å². The van der Waals surface area contributed by atoms with Crippen molar-refractivity contribution in [1.82, 2.24) is 15.2 Å². The number of fused-ring (bicyclic) bond motifs is 3. The molecule has 4 N–H and O–H groups in total. The SMILES string of the molecule is O=C(Nc1n[nH]c(C(=O)Nc2ccc(C(=O)O)cc2)n1)OCC1c2ccccc2-c2ccccc21. The quantitative estimate of drug-likeness (QED) is 0.332. The fraction of sp³-hybridized carbons (Fsp3) is 0.0800. The Morgan fingerprint density at radius 1 is 0.886 bits per heavy atom. The number of anilines is 2. The van der Waals surface area contributed by atoms with E-state index < -0.39 is 18.0 Å². The van der Waals surface area contributed by atoms with Crippen molar-refractivity contribution in [1.29, 1.82) is 0 Å². The van der Waals surface area contributed by atoms with Crippen molar-refractivity contribution in [2.45, 2.75) is 5.92 Å². The molecular weight excluding hydrogens is 450 g/mol. The van der Waals surface area contributed by atoms with Crippen LogP contribution >= 0.6 is 0 Å². The van der Waals surface area contributed by atoms with Gasteiger partial charge in [0.2, 0.25) is 5.82 Å². The highest BCUT2D eigenvalue weighted by atomic mass is 16.5. The van der Waals surface area contributed by atoms with Crippen LogP contribution in [0.2, 0.25) is 0 Å². The Morgan fingerprint density at radius 2 is 1.51 bits per heavy atom. The molecule has 0 atom stereocenters. The first-order chi connectivity index (χ1) is 17.0. The Kier molecular flexibility index (Phi) is 5.68. The molecular formula is C25H19N5O5. The molecule has 0 aliphatic heterocycles. The summed E-state index contributed by atoms with van der Waals surface area (Å²) in [7, 11) is 0. The van der Waals surface area contributed by atoms with Gasteiger partial charge in [0.25, 0.3) is 11.9 Å². The highest BCUT2D eigenvalue weighted by Gasteiger charge is 2.29. The molecule has 0 saturated heterocycles. The maximum absolute atomic E-state index is 12.4. The van der Waals surface area contributed by atoms with E-state index in [0.717, 1.165) is 22.3 Å². The average Bonchev–Trinajstić information content (AvgIpc) is 3.46. The van der Waals surface area contributed by atoms with E-state index in [0.29, 0.717) is 5.69 Å². The monoisotopic (exact) mass is 469 g/mol. The van der Waals surface area contributed by atoms with Gasteiger partial charge in [-0.1, -0.05) is 48.5 Å². The molecule has 174 valence electrons. The van der Waals surface area contributed by atoms with Gasteiger partial charge < -0.3 is 15.2 Å². The van der Waals surface area contributed by atoms with Crippen molar-refractivity contribution in [2.24, 2.45) is 0 Å². The first-order valence-electron chi connectivity index (χ1n) is 10.7. The third kappa shape index (κ3) is 4.44. The number of carboxylic acids is 1. The van der Waals surface area contributed by atoms with Crippen LogP contribution in [0.25, 0.3) is 11.1 Å². The molecule has 0 saturated carbocycles. The number of carbonyl (C=O) groups excluding carboxylic acids is 2. The zero-order valence-corrected chi connectivity index (χ0v) is 18.2. The molecule has 1 aromatic heterocycles. The first-order valence-corrected chi connectivity index (χ1v) is 10.7. The van der Waals surface area contributed by atoms with Gasteiger partial charge >= 0.3 is 12.1 Å². The van der Waals surface area contributed by atoms with Crippen LogP contribution in [0.3, 0.4) is 0 Å². The lowest BCUT2D eigenvalue weighted by atomic mass is 9.98. The summed E-state index contributed by atoms with van der Waals surface area (Å²) < 4.78 is 5.45. The summed E-state index contributed by atoms with van der Waals surface area (Å²) in [4.78, 5) is 39.6. The second-order valence-corrected chi connectivity index (χ2v) is 7.79. The molecule has 1 heterocycles. The summed E-state index contributed by atoms with van der Waals surface area (Å²) in [5.41, 5.74) is 4.91. The van der Waals surface area contributed by atoms with Gasteiger partial charge in [-0.2, -0.15) is 4.98 Å². The molecule has 35 heavy (non-hydrogen) atoms. The Balaban J connectivity index is 1.19. The number of carbonyl (C=O) groups is 3. The Morgan fingerprint density at radius 3 is 2.14 bits per heavy atom. The van der Waals surface area contributed by atoms with Crippen molar-refractivity contribution >= 4 is 29.6 Å². The number of rotatable bonds is 6. The summed E-state index contributed by atoms with van der Waals surface area (Å²) in [5, 5.41) is 20.2. The van der Waals surface area contributed by atoms with Crippen molar-refractivity contribution in [3.05, 3.63) is 95.3 Å². The zero-order chi connectivity index (χ0) is 24.4. The lowest BCUT2D eigenvalue weighted by molar-refractivity contribution is 0.0696. The second-order valence-electron chi connectivity index (χ2n) is 7.79. The molecule has 3 aromatic carbocycles. The molecule has 4 aromatic rings. The van der Waals surface area contributed by atoms with Gasteiger partial charge in [0.15, 0.2) is 0 Å². The van der Waals surface area contributed by atoms with E-state index in [1.54, 1.807) is 0 Å². The van der Waals surface area contributed by atoms with Crippen molar-refractivity contribution in [3.63, 3.8) is 0 Å². The van der Waals surface area contributed by atoms with Gasteiger partial charge in [-0.3, -0.25) is 15.2 Å². The number of nitrogens with one attached hydrogen (secondary N) is 3. The largest absolute Gasteiger partial charge is 0.478 e. The maximum atomic E-state index is 12.4. The minimum Gasteiger partial charge on any atom is -0.478 e. The summed E-state index contributed by atoms with van der Waals surface area (Å²) in [5.74, 6) is -2.02. The predicted molar refractivity (Wildman–Crippen MR) is 126 cm³/mol. The number of ether oxygens (including phenoxy) is 1. The maximum Gasteiger partial charge on any atom is 0.414 e. The number of aromatic carboxylic acids is 1. The van der Waals surface area contributed by atoms with Crippen LogP contribution in [0, 0.1) is 0 Å². The van der Waals surface area contributed by atoms with Crippen LogP contribution in [0.15, 0.2) is 72.8 Å². The molecule has 0 unspecified atom stereocenters. The van der Waals surface area contributed by atoms with Gasteiger partial charge in [-0.05, 0) is 46.5 Å². The van der Waals surface area contributed by atoms with Crippen LogP contribution < -0.4 is 10.6 Å². The Hall–Kier alpha value is -4.99. The van der Waals surface area contributed by atoms with E-state index >= 15 is 0 Å². The highest BCUT2D eigenvalue weighted by Crippen LogP contribution is 2.44. The number of aromatic amines is 1. The van der Waals surface area contributed by atoms with Gasteiger partial charge in [0, 0.05) is 11.6 Å². The van der Waals surface area contributed by atoms with Gasteiger partial charge in [-0.25, -0.2) is 9.59 Å². The fourth-order valence-electron chi connectivity index (χ4n) is 4.03. The Labute approximate surface area is 199 Å². The van der Waals surface area contributed by atoms with Gasteiger partial charge in [0.05, 0.1) is 5.56 Å². The number of nitrogens with zero attached hydrogens (tertiary/aromatic N) is 2. The minimum absolute atomic E-state index is 0.0888. The van der Waals surface area contributed by atoms with E-state index in [2.05, 4.69) is 37.9 Å². The smallest absolute Gasteiger partial charge is 0.414 e. The summed E-state index contributed by atoms with van der Waals surface area (Å²) in [6, 6.07) is 21.7. The number of amides is 2. The van der Waals surface area contributed by atoms with Crippen molar-refractivity contribution in [3.8, 4) is 11.1 Å². The number of aromatic nitrogens is 3. The van der Waals surface area contributed by atoms with E-state index in [1.165, 1.54) is 24.3 Å². The molecule has 1 aliphatic rings. The van der Waals surface area contributed by atoms with Crippen LogP contribution in [-0.4, -0.2) is 44.9 Å². The number of benzene rings is 3. The molecule has 0 fully saturated rings. The summed E-state index contributed by atoms with van der Waals surface area (Å²) >= 11 is 0. The van der Waals surface area contributed by atoms with Crippen molar-refractivity contribution in [2.75, 3.05) is 17.2 Å². The van der Waals surface area contributed by atoms with Crippen LogP contribution in [0.1, 0.15) is 38.0 Å². The molecule has 10 heteroatoms. The normalized spacial score (nSPS) is 11.9. The van der Waals surface area contributed by atoms with Crippen molar-refractivity contribution < 1.29 is 24.2 Å². The number of carboxylic acid groups (broad SMARTS) is 1. The third-order valence-electron chi connectivity index (χ3n) is 5.65. The topological polar surface area (TPSA) is 146 Å². The number of hydrogen-bond acceptors (Lipinski definition) is 6. The lowest BCUT2D eigenvalue weighted by Gasteiger charge is -2.13. The highest BCUT2D eigenvalue weighted by molar-refractivity contribution is 6.02. The predicted octanol–water partition coefficient (Wildman–Crippen LogP) is 4.12. The molecule has 0 bridgehead atoms. The van der Waals surface area contributed by atoms with E-state index in [4.69, 9.17) is 9.84 Å². The average molecular weight is 469 g/mol. The van der Waals surface area contributed by atoms with Gasteiger partial charge in [-0.15, -0.1) is 5.10 Å². The number of H-pyrrole nitrogens is 1. The summed E-state index contributed by atoms with van der Waals surface area (Å²) in [6.07, 6.45) is -0.748. The zero-order valence-electron chi connectivity index (χ0n) is 18.2. The lowest BCUT2D eigenvalue weighted by Crippen LogP contribution is -2.19. The molecule has 1 aliphatic carbocycles. The number of hydrogen-bond donors (Lipinski definition) is 4. The summed E-state index contributed by atoms with van der Waals surface area (Å²) in [6.45, 7) is 0.129. The standard InChI is InChI=1S/C25H19N5O5/c31-22(26-15-11-9-14(10-12-15)23(32)33)21-27-24(30-29-21)28-25(34)35-13-20-18-7-3-1-5-16(18)17-6-2-4-8-19(17)20/h1-12,20H,13H2,(H,26,31)(H,32,33)(H2,27,28,29,30,34). The van der Waals surface area contributed by atoms with Crippen LogP contribution in [0.5, 0.6) is 0 Å². The van der Waals surface area contributed by atoms with E-state index in [9.17, 15) is 14.4 Å². The third-order valence-corrected chi connectivity index (χ3v) is 5.65. The molecule has 0 radical (unpaired) electrons. The minimum atomic E-state index is -1.07. The molecule has 10 nitrogen and oxygen atoms in total. The second kappa shape index (κ2) is 9.10. The fourth-order valence-corrected chi connectivity index (χ4v) is 4.03. The molecule has 2 amide bonds. The van der Waals surface area contributed by atoms with Crippen LogP contribution in [0.4, 0.5) is 16.4 Å². The molecule has 0 spiro atoms. The van der Waals surface area contributed by atoms with Gasteiger partial charge in [0.1, 0.15) is 6.61 Å². The Bertz CT molecular complexity index is 1380. The van der Waals surface area contributed by atoms with E-state index in [-0.39, 0.29) is 29.9 Å².